The van der Waals surface area contributed by atoms with Crippen LogP contribution in [0.1, 0.15) is 69.2 Å². The second-order valence-electron chi connectivity index (χ2n) is 19.3. The van der Waals surface area contributed by atoms with Gasteiger partial charge in [0.25, 0.3) is 0 Å². The maximum atomic E-state index is 15.4. The average molecular weight is 1030 g/mol. The SMILES string of the molecule is CCc1cc(Nc2ncc(Br)c(Nc3ccc4nc(C)ccc4c3P(C)(C)=O)n2)c(OC)cc1N1CCC(NCCNC(=O)[C@H]2CN(c3cc(F)c([C@H]4CCC(=O)NC4=O)c(F)c3)CC2(C)C)CC1. The van der Waals surface area contributed by atoms with E-state index in [4.69, 9.17) is 9.72 Å². The largest absolute Gasteiger partial charge is 0.494 e. The average Bonchev–Trinajstić information content (AvgIpc) is 3.63. The Balaban J connectivity index is 0.847. The number of methoxy groups -OCH3 is 1. The van der Waals surface area contributed by atoms with Gasteiger partial charge in [0, 0.05) is 97.3 Å². The van der Waals surface area contributed by atoms with E-state index < -0.39 is 47.8 Å². The lowest BCUT2D eigenvalue weighted by Gasteiger charge is -2.35. The fourth-order valence-corrected chi connectivity index (χ4v) is 11.7. The number of benzene rings is 3. The number of aryl methyl sites for hydroxylation is 2. The van der Waals surface area contributed by atoms with Gasteiger partial charge in [-0.1, -0.05) is 26.8 Å². The van der Waals surface area contributed by atoms with Crippen LogP contribution in [0.15, 0.2) is 59.2 Å². The highest BCUT2D eigenvalue weighted by atomic mass is 79.9. The van der Waals surface area contributed by atoms with Crippen LogP contribution in [0.4, 0.5) is 43.3 Å². The Labute approximate surface area is 409 Å². The van der Waals surface area contributed by atoms with Gasteiger partial charge in [-0.3, -0.25) is 24.7 Å². The molecular formula is C50H60BrF2N10O5P. The molecule has 69 heavy (non-hydrogen) atoms. The second-order valence-corrected chi connectivity index (χ2v) is 23.3. The Kier molecular flexibility index (Phi) is 14.6. The molecule has 8 rings (SSSR count). The van der Waals surface area contributed by atoms with Crippen LogP contribution in [-0.4, -0.2) is 98.4 Å². The van der Waals surface area contributed by atoms with Crippen molar-refractivity contribution in [3.05, 3.63) is 87.7 Å². The number of aromatic nitrogens is 3. The minimum absolute atomic E-state index is 0.0147. The molecule has 19 heteroatoms. The molecule has 3 aromatic carbocycles. The van der Waals surface area contributed by atoms with E-state index in [2.05, 4.69) is 76.4 Å². The molecule has 15 nitrogen and oxygen atoms in total. The van der Waals surface area contributed by atoms with Crippen LogP contribution in [-0.2, 0) is 25.4 Å². The molecule has 3 saturated heterocycles. The molecule has 2 aromatic heterocycles. The molecule has 0 unspecified atom stereocenters. The zero-order chi connectivity index (χ0) is 49.4. The highest BCUT2D eigenvalue weighted by molar-refractivity contribution is 9.10. The summed E-state index contributed by atoms with van der Waals surface area (Å²) in [4.78, 5) is 55.7. The number of hydrogen-bond donors (Lipinski definition) is 5. The number of halogens is 3. The highest BCUT2D eigenvalue weighted by Crippen LogP contribution is 2.43. The van der Waals surface area contributed by atoms with Crippen LogP contribution < -0.4 is 46.4 Å². The van der Waals surface area contributed by atoms with Crippen LogP contribution in [0.5, 0.6) is 5.75 Å². The molecule has 5 aromatic rings. The van der Waals surface area contributed by atoms with Crippen molar-refractivity contribution in [2.24, 2.45) is 11.3 Å². The van der Waals surface area contributed by atoms with Crippen LogP contribution in [0.2, 0.25) is 0 Å². The first-order valence-electron chi connectivity index (χ1n) is 23.4. The summed E-state index contributed by atoms with van der Waals surface area (Å²) in [5.41, 5.74) is 4.81. The number of amides is 3. The molecular weight excluding hydrogens is 969 g/mol. The third-order valence-corrected chi connectivity index (χ3v) is 15.7. The third kappa shape index (κ3) is 10.9. The van der Waals surface area contributed by atoms with E-state index in [9.17, 15) is 18.9 Å². The summed E-state index contributed by atoms with van der Waals surface area (Å²) in [6.45, 7) is 14.9. The molecule has 3 aliphatic rings. The number of rotatable bonds is 15. The predicted octanol–water partition coefficient (Wildman–Crippen LogP) is 8.04. The van der Waals surface area contributed by atoms with Crippen molar-refractivity contribution < 1.29 is 32.5 Å². The number of pyridine rings is 1. The third-order valence-electron chi connectivity index (χ3n) is 13.5. The van der Waals surface area contributed by atoms with E-state index in [1.807, 2.05) is 49.9 Å². The number of nitrogens with one attached hydrogen (secondary N) is 5. The number of fused-ring (bicyclic) bond motifs is 1. The number of ether oxygens (including phenoxy) is 1. The highest BCUT2D eigenvalue weighted by Gasteiger charge is 2.44. The maximum absolute atomic E-state index is 15.4. The standard InChI is InChI=1S/C50H60BrF2N10O5P/c1-8-29-21-40(59-49-56-25-35(51)46(61-49)58-39-13-12-38-32(10-9-28(2)57-38)45(39)69(6,7)67)42(68-5)24-41(29)62-19-15-30(16-20-62)54-17-18-55-48(66)34-26-63(27-50(34,3)4)31-22-36(52)44(37(53)23-31)33-11-14-43(64)60-47(33)65/h9-10,12-13,21-25,30,33-34,54H,8,11,14-20,26-27H2,1-7H3,(H,55,66)(H,60,64,65)(H2,56,58,59,61)/t33-,34-/m1/s1. The van der Waals surface area contributed by atoms with Gasteiger partial charge >= 0.3 is 0 Å². The van der Waals surface area contributed by atoms with Crippen LogP contribution in [0, 0.1) is 29.9 Å². The number of imide groups is 1. The monoisotopic (exact) mass is 1030 g/mol. The van der Waals surface area contributed by atoms with E-state index in [0.717, 1.165) is 65.9 Å². The van der Waals surface area contributed by atoms with Gasteiger partial charge in [0.2, 0.25) is 23.7 Å². The number of nitrogens with zero attached hydrogens (tertiary/aromatic N) is 5. The lowest BCUT2D eigenvalue weighted by atomic mass is 9.81. The summed E-state index contributed by atoms with van der Waals surface area (Å²) in [7, 11) is -1.11. The Morgan fingerprint density at radius 1 is 0.971 bits per heavy atom. The van der Waals surface area contributed by atoms with E-state index in [0.29, 0.717) is 58.3 Å². The normalized spacial score (nSPS) is 18.6. The molecule has 5 heterocycles. The molecule has 0 spiro atoms. The minimum atomic E-state index is -2.75. The first-order valence-corrected chi connectivity index (χ1v) is 26.8. The number of carbonyl (C=O) groups excluding carboxylic acids is 3. The van der Waals surface area contributed by atoms with Crippen LogP contribution >= 0.6 is 23.1 Å². The molecule has 0 bridgehead atoms. The summed E-state index contributed by atoms with van der Waals surface area (Å²) in [6.07, 6.45) is 4.32. The van der Waals surface area contributed by atoms with Crippen molar-refractivity contribution in [3.63, 3.8) is 0 Å². The van der Waals surface area contributed by atoms with Gasteiger partial charge in [0.15, 0.2) is 0 Å². The molecule has 366 valence electrons. The molecule has 0 saturated carbocycles. The van der Waals surface area contributed by atoms with Crippen LogP contribution in [0.3, 0.4) is 0 Å². The van der Waals surface area contributed by atoms with E-state index in [-0.39, 0.29) is 36.9 Å². The summed E-state index contributed by atoms with van der Waals surface area (Å²) < 4.78 is 51.0. The zero-order valence-electron chi connectivity index (χ0n) is 40.1. The smallest absolute Gasteiger partial charge is 0.234 e. The lowest BCUT2D eigenvalue weighted by Crippen LogP contribution is -2.46. The van der Waals surface area contributed by atoms with Crippen LogP contribution in [0.25, 0.3) is 10.9 Å². The summed E-state index contributed by atoms with van der Waals surface area (Å²) in [5, 5.41) is 17.2. The molecule has 3 amide bonds. The quantitative estimate of drug-likeness (QED) is 0.0387. The van der Waals surface area contributed by atoms with E-state index >= 15 is 8.78 Å². The summed E-state index contributed by atoms with van der Waals surface area (Å²) >= 11 is 3.60. The van der Waals surface area contributed by atoms with Gasteiger partial charge in [-0.2, -0.15) is 4.98 Å². The summed E-state index contributed by atoms with van der Waals surface area (Å²) in [6, 6.07) is 14.6. The second kappa shape index (κ2) is 20.3. The molecule has 3 aliphatic heterocycles. The number of hydrogen-bond acceptors (Lipinski definition) is 13. The van der Waals surface area contributed by atoms with Gasteiger partial charge in [0.1, 0.15) is 30.3 Å². The molecule has 3 fully saturated rings. The van der Waals surface area contributed by atoms with Crippen molar-refractivity contribution in [1.82, 2.24) is 30.9 Å². The lowest BCUT2D eigenvalue weighted by molar-refractivity contribution is -0.134. The van der Waals surface area contributed by atoms with Gasteiger partial charge in [-0.15, -0.1) is 0 Å². The van der Waals surface area contributed by atoms with Crippen molar-refractivity contribution in [2.75, 3.05) is 80.1 Å². The molecule has 2 atom stereocenters. The van der Waals surface area contributed by atoms with E-state index in [1.54, 1.807) is 26.6 Å². The number of carbonyl (C=O) groups is 3. The zero-order valence-corrected chi connectivity index (χ0v) is 42.5. The van der Waals surface area contributed by atoms with Gasteiger partial charge in [0.05, 0.1) is 40.3 Å². The number of piperidine rings is 2. The minimum Gasteiger partial charge on any atom is -0.494 e. The van der Waals surface area contributed by atoms with Crippen molar-refractivity contribution in [1.29, 1.82) is 0 Å². The predicted molar refractivity (Wildman–Crippen MR) is 271 cm³/mol. The van der Waals surface area contributed by atoms with Gasteiger partial charge in [-0.05, 0) is 109 Å². The maximum Gasteiger partial charge on any atom is 0.234 e. The molecule has 0 radical (unpaired) electrons. The van der Waals surface area contributed by atoms with Gasteiger partial charge in [-0.25, -0.2) is 13.8 Å². The van der Waals surface area contributed by atoms with Crippen molar-refractivity contribution in [2.45, 2.75) is 71.8 Å². The van der Waals surface area contributed by atoms with Crippen molar-refractivity contribution >= 4 is 91.5 Å². The Hall–Kier alpha value is -5.71. The molecule has 5 N–H and O–H groups in total. The van der Waals surface area contributed by atoms with Crippen molar-refractivity contribution in [3.8, 4) is 5.75 Å². The Morgan fingerprint density at radius 2 is 1.71 bits per heavy atom. The first kappa shape index (κ1) is 49.7. The fourth-order valence-electron chi connectivity index (χ4n) is 9.93. The number of anilines is 6. The van der Waals surface area contributed by atoms with Gasteiger partial charge < -0.3 is 40.4 Å². The summed E-state index contributed by atoms with van der Waals surface area (Å²) in [5.74, 6) is -2.95. The topological polar surface area (TPSA) is 183 Å². The Bertz CT molecular complexity index is 2830. The molecule has 0 aliphatic carbocycles. The fraction of sp³-hybridized carbons (Fsp3) is 0.440. The Morgan fingerprint density at radius 3 is 2.39 bits per heavy atom. The van der Waals surface area contributed by atoms with E-state index in [1.165, 1.54) is 12.1 Å². The first-order chi connectivity index (χ1) is 32.8.